The molecule has 1 amide bonds. The van der Waals surface area contributed by atoms with Crippen molar-refractivity contribution in [2.24, 2.45) is 0 Å². The Morgan fingerprint density at radius 2 is 1.71 bits per heavy atom. The van der Waals surface area contributed by atoms with Crippen LogP contribution in [0, 0.1) is 13.8 Å². The van der Waals surface area contributed by atoms with E-state index < -0.39 is 0 Å². The minimum absolute atomic E-state index is 0.0460. The SMILES string of the molecule is Cc1cc2nc(-c3ccc(NC(=O)COc4ccccc4)cc3)oc2cc1C. The Morgan fingerprint density at radius 3 is 2.46 bits per heavy atom. The van der Waals surface area contributed by atoms with Crippen LogP contribution in [0.4, 0.5) is 5.69 Å². The summed E-state index contributed by atoms with van der Waals surface area (Å²) in [4.78, 5) is 16.6. The van der Waals surface area contributed by atoms with Crippen molar-refractivity contribution in [3.8, 4) is 17.2 Å². The van der Waals surface area contributed by atoms with Gasteiger partial charge in [0.05, 0.1) is 0 Å². The zero-order valence-electron chi connectivity index (χ0n) is 15.7. The number of aryl methyl sites for hydroxylation is 2. The predicted molar refractivity (Wildman–Crippen MR) is 109 cm³/mol. The number of aromatic nitrogens is 1. The zero-order valence-corrected chi connectivity index (χ0v) is 15.7. The van der Waals surface area contributed by atoms with E-state index in [1.165, 1.54) is 11.1 Å². The van der Waals surface area contributed by atoms with Crippen molar-refractivity contribution in [2.45, 2.75) is 13.8 Å². The molecule has 140 valence electrons. The Hall–Kier alpha value is -3.60. The summed E-state index contributed by atoms with van der Waals surface area (Å²) in [6, 6.07) is 20.7. The van der Waals surface area contributed by atoms with Crippen LogP contribution in [-0.4, -0.2) is 17.5 Å². The van der Waals surface area contributed by atoms with E-state index in [4.69, 9.17) is 9.15 Å². The van der Waals surface area contributed by atoms with Crippen LogP contribution in [-0.2, 0) is 4.79 Å². The fraction of sp³-hybridized carbons (Fsp3) is 0.130. The number of para-hydroxylation sites is 1. The first-order valence-corrected chi connectivity index (χ1v) is 9.04. The molecule has 0 spiro atoms. The molecule has 1 heterocycles. The normalized spacial score (nSPS) is 10.8. The van der Waals surface area contributed by atoms with Crippen LogP contribution < -0.4 is 10.1 Å². The Bertz CT molecular complexity index is 1080. The fourth-order valence-electron chi connectivity index (χ4n) is 2.86. The number of anilines is 1. The summed E-state index contributed by atoms with van der Waals surface area (Å²) in [5, 5.41) is 2.82. The molecule has 0 saturated carbocycles. The lowest BCUT2D eigenvalue weighted by Gasteiger charge is -2.07. The Kier molecular flexibility index (Phi) is 4.81. The third-order valence-electron chi connectivity index (χ3n) is 4.53. The molecule has 0 bridgehead atoms. The van der Waals surface area contributed by atoms with Gasteiger partial charge < -0.3 is 14.5 Å². The lowest BCUT2D eigenvalue weighted by Crippen LogP contribution is -2.20. The van der Waals surface area contributed by atoms with Crippen LogP contribution in [0.5, 0.6) is 5.75 Å². The summed E-state index contributed by atoms with van der Waals surface area (Å²) in [6.07, 6.45) is 0. The van der Waals surface area contributed by atoms with Crippen LogP contribution in [0.25, 0.3) is 22.6 Å². The van der Waals surface area contributed by atoms with Gasteiger partial charge in [0.1, 0.15) is 11.3 Å². The van der Waals surface area contributed by atoms with Crippen LogP contribution in [0.2, 0.25) is 0 Å². The monoisotopic (exact) mass is 372 g/mol. The van der Waals surface area contributed by atoms with E-state index in [0.29, 0.717) is 17.3 Å². The molecule has 0 aliphatic carbocycles. The maximum Gasteiger partial charge on any atom is 0.262 e. The van der Waals surface area contributed by atoms with Crippen molar-refractivity contribution in [1.29, 1.82) is 0 Å². The third kappa shape index (κ3) is 3.88. The highest BCUT2D eigenvalue weighted by Gasteiger charge is 2.10. The number of amides is 1. The van der Waals surface area contributed by atoms with Crippen LogP contribution >= 0.6 is 0 Å². The molecule has 0 unspecified atom stereocenters. The van der Waals surface area contributed by atoms with E-state index in [2.05, 4.69) is 24.1 Å². The van der Waals surface area contributed by atoms with Crippen LogP contribution in [0.1, 0.15) is 11.1 Å². The van der Waals surface area contributed by atoms with Gasteiger partial charge >= 0.3 is 0 Å². The molecule has 4 rings (SSSR count). The standard InChI is InChI=1S/C23H20N2O3/c1-15-12-20-21(13-16(15)2)28-23(25-20)17-8-10-18(11-9-17)24-22(26)14-27-19-6-4-3-5-7-19/h3-13H,14H2,1-2H3,(H,24,26). The fourth-order valence-corrected chi connectivity index (χ4v) is 2.86. The highest BCUT2D eigenvalue weighted by molar-refractivity contribution is 5.92. The summed E-state index contributed by atoms with van der Waals surface area (Å²) < 4.78 is 11.3. The number of hydrogen-bond donors (Lipinski definition) is 1. The number of nitrogens with one attached hydrogen (secondary N) is 1. The number of hydrogen-bond acceptors (Lipinski definition) is 4. The van der Waals surface area contributed by atoms with E-state index in [9.17, 15) is 4.79 Å². The number of ether oxygens (including phenoxy) is 1. The molecule has 0 fully saturated rings. The van der Waals surface area contributed by atoms with Gasteiger partial charge in [-0.1, -0.05) is 18.2 Å². The molecular weight excluding hydrogens is 352 g/mol. The Labute approximate surface area is 163 Å². The van der Waals surface area contributed by atoms with Crippen LogP contribution in [0.3, 0.4) is 0 Å². The first kappa shape index (κ1) is 17.8. The minimum atomic E-state index is -0.218. The van der Waals surface area contributed by atoms with Crippen molar-refractivity contribution in [1.82, 2.24) is 4.98 Å². The first-order chi connectivity index (χ1) is 13.6. The number of oxazole rings is 1. The summed E-state index contributed by atoms with van der Waals surface area (Å²) in [5.74, 6) is 1.00. The summed E-state index contributed by atoms with van der Waals surface area (Å²) in [6.45, 7) is 4.06. The van der Waals surface area contributed by atoms with Gasteiger partial charge in [-0.3, -0.25) is 4.79 Å². The smallest absolute Gasteiger partial charge is 0.262 e. The Morgan fingerprint density at radius 1 is 1.00 bits per heavy atom. The molecule has 5 nitrogen and oxygen atoms in total. The zero-order chi connectivity index (χ0) is 19.5. The lowest BCUT2D eigenvalue weighted by atomic mass is 10.1. The topological polar surface area (TPSA) is 64.4 Å². The highest BCUT2D eigenvalue weighted by Crippen LogP contribution is 2.27. The molecule has 0 radical (unpaired) electrons. The van der Waals surface area contributed by atoms with Crippen LogP contribution in [0.15, 0.2) is 71.1 Å². The number of rotatable bonds is 5. The summed E-state index contributed by atoms with van der Waals surface area (Å²) in [5.41, 5.74) is 5.51. The second-order valence-corrected chi connectivity index (χ2v) is 6.65. The molecule has 3 aromatic carbocycles. The maximum atomic E-state index is 12.1. The molecule has 1 N–H and O–H groups in total. The van der Waals surface area contributed by atoms with Gasteiger partial charge in [-0.05, 0) is 73.5 Å². The van der Waals surface area contributed by atoms with Crippen molar-refractivity contribution < 1.29 is 13.9 Å². The van der Waals surface area contributed by atoms with Gasteiger partial charge in [-0.25, -0.2) is 4.98 Å². The summed E-state index contributed by atoms with van der Waals surface area (Å²) >= 11 is 0. The average molecular weight is 372 g/mol. The number of fused-ring (bicyclic) bond motifs is 1. The molecule has 4 aromatic rings. The largest absolute Gasteiger partial charge is 0.484 e. The summed E-state index contributed by atoms with van der Waals surface area (Å²) in [7, 11) is 0. The van der Waals surface area contributed by atoms with Gasteiger partial charge in [0.15, 0.2) is 12.2 Å². The van der Waals surface area contributed by atoms with Crippen molar-refractivity contribution in [3.05, 3.63) is 77.9 Å². The number of carbonyl (C=O) groups excluding carboxylic acids is 1. The van der Waals surface area contributed by atoms with E-state index in [-0.39, 0.29) is 12.5 Å². The molecule has 0 atom stereocenters. The molecular formula is C23H20N2O3. The Balaban J connectivity index is 1.43. The predicted octanol–water partition coefficient (Wildman–Crippen LogP) is 5.13. The van der Waals surface area contributed by atoms with E-state index in [1.54, 1.807) is 0 Å². The second-order valence-electron chi connectivity index (χ2n) is 6.65. The maximum absolute atomic E-state index is 12.1. The number of benzene rings is 3. The van der Waals surface area contributed by atoms with Crippen molar-refractivity contribution in [3.63, 3.8) is 0 Å². The van der Waals surface area contributed by atoms with E-state index in [0.717, 1.165) is 16.7 Å². The van der Waals surface area contributed by atoms with Gasteiger partial charge in [0.2, 0.25) is 5.89 Å². The lowest BCUT2D eigenvalue weighted by molar-refractivity contribution is -0.118. The average Bonchev–Trinajstić information content (AvgIpc) is 3.11. The number of carbonyl (C=O) groups is 1. The van der Waals surface area contributed by atoms with E-state index >= 15 is 0 Å². The van der Waals surface area contributed by atoms with Gasteiger partial charge in [-0.15, -0.1) is 0 Å². The van der Waals surface area contributed by atoms with Crippen molar-refractivity contribution >= 4 is 22.7 Å². The molecule has 1 aromatic heterocycles. The molecule has 0 aliphatic rings. The number of nitrogens with zero attached hydrogens (tertiary/aromatic N) is 1. The van der Waals surface area contributed by atoms with Gasteiger partial charge in [0, 0.05) is 11.3 Å². The van der Waals surface area contributed by atoms with E-state index in [1.807, 2.05) is 66.7 Å². The molecule has 0 aliphatic heterocycles. The third-order valence-corrected chi connectivity index (χ3v) is 4.53. The molecule has 5 heteroatoms. The van der Waals surface area contributed by atoms with Gasteiger partial charge in [-0.2, -0.15) is 0 Å². The quantitative estimate of drug-likeness (QED) is 0.527. The minimum Gasteiger partial charge on any atom is -0.484 e. The van der Waals surface area contributed by atoms with Gasteiger partial charge in [0.25, 0.3) is 5.91 Å². The molecule has 0 saturated heterocycles. The highest BCUT2D eigenvalue weighted by atomic mass is 16.5. The first-order valence-electron chi connectivity index (χ1n) is 9.04. The van der Waals surface area contributed by atoms with Crippen molar-refractivity contribution in [2.75, 3.05) is 11.9 Å². The molecule has 28 heavy (non-hydrogen) atoms. The second kappa shape index (κ2) is 7.56.